The lowest BCUT2D eigenvalue weighted by molar-refractivity contribution is -0.135. The van der Waals surface area contributed by atoms with Crippen molar-refractivity contribution in [2.24, 2.45) is 0 Å². The van der Waals surface area contributed by atoms with Crippen molar-refractivity contribution in [1.82, 2.24) is 14.6 Å². The number of rotatable bonds is 3. The molecule has 5 nitrogen and oxygen atoms in total. The number of carboxylic acids is 1. The minimum absolute atomic E-state index is 0.0299. The molecular weight excluding hydrogens is 230 g/mol. The number of carbonyl (C=O) groups is 1. The van der Waals surface area contributed by atoms with Crippen LogP contribution in [-0.4, -0.2) is 25.7 Å². The molecule has 0 saturated heterocycles. The Balaban J connectivity index is 2.34. The molecule has 0 bridgehead atoms. The molecule has 6 heteroatoms. The maximum atomic E-state index is 10.3. The average Bonchev–Trinajstić information content (AvgIpc) is 2.60. The summed E-state index contributed by atoms with van der Waals surface area (Å²) in [5, 5.41) is 12.9. The lowest BCUT2D eigenvalue weighted by Crippen LogP contribution is -1.90. The Kier molecular flexibility index (Phi) is 2.87. The number of nitrogens with zero attached hydrogens (tertiary/aromatic N) is 3. The van der Waals surface area contributed by atoms with Gasteiger partial charge in [-0.1, -0.05) is 23.8 Å². The van der Waals surface area contributed by atoms with Gasteiger partial charge in [0.05, 0.1) is 12.6 Å². The molecule has 82 valence electrons. The van der Waals surface area contributed by atoms with Crippen molar-refractivity contribution < 1.29 is 9.90 Å². The van der Waals surface area contributed by atoms with Crippen molar-refractivity contribution in [1.29, 1.82) is 0 Å². The molecule has 0 aliphatic carbocycles. The van der Waals surface area contributed by atoms with Gasteiger partial charge in [-0.15, -0.1) is 0 Å². The Bertz CT molecular complexity index is 562. The molecule has 0 amide bonds. The van der Waals surface area contributed by atoms with Crippen LogP contribution in [0.25, 0.3) is 11.7 Å². The first kappa shape index (κ1) is 10.6. The van der Waals surface area contributed by atoms with Crippen LogP contribution >= 0.6 is 11.6 Å². The summed E-state index contributed by atoms with van der Waals surface area (Å²) in [5.41, 5.74) is 1.35. The molecule has 2 rings (SSSR count). The predicted molar refractivity (Wildman–Crippen MR) is 59.3 cm³/mol. The Morgan fingerprint density at radius 2 is 2.44 bits per heavy atom. The summed E-state index contributed by atoms with van der Waals surface area (Å²) in [6, 6.07) is 1.63. The van der Waals surface area contributed by atoms with Gasteiger partial charge in [0.2, 0.25) is 0 Å². The fourth-order valence-electron chi connectivity index (χ4n) is 1.27. The Labute approximate surface area is 96.0 Å². The summed E-state index contributed by atoms with van der Waals surface area (Å²) in [6.45, 7) is 0. The Morgan fingerprint density at radius 3 is 3.19 bits per heavy atom. The van der Waals surface area contributed by atoms with Crippen molar-refractivity contribution in [3.8, 4) is 0 Å². The van der Waals surface area contributed by atoms with E-state index < -0.39 is 5.97 Å². The normalized spacial score (nSPS) is 11.3. The molecule has 0 spiro atoms. The van der Waals surface area contributed by atoms with E-state index in [1.54, 1.807) is 35.1 Å². The first-order valence-corrected chi connectivity index (χ1v) is 4.93. The monoisotopic (exact) mass is 237 g/mol. The molecule has 2 aromatic rings. The third kappa shape index (κ3) is 2.20. The molecule has 2 heterocycles. The van der Waals surface area contributed by atoms with Crippen molar-refractivity contribution in [2.75, 3.05) is 0 Å². The maximum Gasteiger partial charge on any atom is 0.307 e. The van der Waals surface area contributed by atoms with E-state index in [-0.39, 0.29) is 6.42 Å². The number of aromatic nitrogens is 3. The zero-order valence-corrected chi connectivity index (χ0v) is 8.92. The minimum atomic E-state index is -0.876. The summed E-state index contributed by atoms with van der Waals surface area (Å²) < 4.78 is 1.58. The van der Waals surface area contributed by atoms with Gasteiger partial charge in [-0.2, -0.15) is 5.10 Å². The highest BCUT2D eigenvalue weighted by Crippen LogP contribution is 2.13. The summed E-state index contributed by atoms with van der Waals surface area (Å²) in [5.74, 6) is -0.876. The minimum Gasteiger partial charge on any atom is -0.481 e. The van der Waals surface area contributed by atoms with Gasteiger partial charge in [-0.3, -0.25) is 4.79 Å². The Morgan fingerprint density at radius 1 is 1.62 bits per heavy atom. The first-order valence-electron chi connectivity index (χ1n) is 4.55. The van der Waals surface area contributed by atoms with E-state index in [9.17, 15) is 4.79 Å². The highest BCUT2D eigenvalue weighted by molar-refractivity contribution is 6.29. The first-order chi connectivity index (χ1) is 7.66. The van der Waals surface area contributed by atoms with Crippen molar-refractivity contribution in [2.45, 2.75) is 6.42 Å². The average molecular weight is 238 g/mol. The van der Waals surface area contributed by atoms with E-state index in [1.807, 2.05) is 0 Å². The maximum absolute atomic E-state index is 10.3. The molecule has 0 saturated carbocycles. The quantitative estimate of drug-likeness (QED) is 0.828. The third-order valence-corrected chi connectivity index (χ3v) is 2.16. The van der Waals surface area contributed by atoms with Crippen molar-refractivity contribution >= 4 is 29.3 Å². The van der Waals surface area contributed by atoms with Crippen LogP contribution < -0.4 is 0 Å². The van der Waals surface area contributed by atoms with Crippen molar-refractivity contribution in [3.05, 3.63) is 35.3 Å². The molecule has 0 aromatic carbocycles. The number of halogens is 1. The van der Waals surface area contributed by atoms with Gasteiger partial charge >= 0.3 is 5.97 Å². The topological polar surface area (TPSA) is 67.5 Å². The van der Waals surface area contributed by atoms with Crippen LogP contribution in [0.15, 0.2) is 24.5 Å². The van der Waals surface area contributed by atoms with Gasteiger partial charge in [0.15, 0.2) is 5.65 Å². The van der Waals surface area contributed by atoms with Gasteiger partial charge in [0, 0.05) is 11.8 Å². The van der Waals surface area contributed by atoms with Crippen LogP contribution in [0.1, 0.15) is 12.0 Å². The smallest absolute Gasteiger partial charge is 0.307 e. The second-order valence-electron chi connectivity index (χ2n) is 3.12. The standard InChI is InChI=1S/C10H8ClN3O2/c11-8-4-5-14-10(13-8)7(6-12-14)2-1-3-9(15)16/h1-2,4-6H,3H2,(H,15,16). The highest BCUT2D eigenvalue weighted by Gasteiger charge is 2.02. The molecule has 0 unspecified atom stereocenters. The molecule has 0 fully saturated rings. The van der Waals surface area contributed by atoms with E-state index >= 15 is 0 Å². The molecule has 2 aromatic heterocycles. The second kappa shape index (κ2) is 4.32. The molecule has 0 aliphatic rings. The van der Waals surface area contributed by atoms with Crippen LogP contribution in [0.3, 0.4) is 0 Å². The number of fused-ring (bicyclic) bond motifs is 1. The van der Waals surface area contributed by atoms with Crippen LogP contribution in [0.5, 0.6) is 0 Å². The highest BCUT2D eigenvalue weighted by atomic mass is 35.5. The number of hydrogen-bond acceptors (Lipinski definition) is 3. The second-order valence-corrected chi connectivity index (χ2v) is 3.51. The molecule has 0 atom stereocenters. The largest absolute Gasteiger partial charge is 0.481 e. The number of aliphatic carboxylic acids is 1. The fourth-order valence-corrected chi connectivity index (χ4v) is 1.41. The summed E-state index contributed by atoms with van der Waals surface area (Å²) in [6.07, 6.45) is 6.48. The van der Waals surface area contributed by atoms with Crippen LogP contribution in [-0.2, 0) is 4.79 Å². The summed E-state index contributed by atoms with van der Waals surface area (Å²) in [7, 11) is 0. The van der Waals surface area contributed by atoms with Gasteiger partial charge in [-0.25, -0.2) is 9.50 Å². The number of carboxylic acid groups (broad SMARTS) is 1. The lowest BCUT2D eigenvalue weighted by Gasteiger charge is -1.93. The summed E-state index contributed by atoms with van der Waals surface area (Å²) in [4.78, 5) is 14.4. The van der Waals surface area contributed by atoms with Gasteiger partial charge in [-0.05, 0) is 6.07 Å². The zero-order chi connectivity index (χ0) is 11.5. The van der Waals surface area contributed by atoms with E-state index in [0.717, 1.165) is 5.56 Å². The van der Waals surface area contributed by atoms with E-state index in [2.05, 4.69) is 10.1 Å². The van der Waals surface area contributed by atoms with Gasteiger partial charge in [0.1, 0.15) is 5.15 Å². The van der Waals surface area contributed by atoms with E-state index in [0.29, 0.717) is 10.8 Å². The van der Waals surface area contributed by atoms with Crippen molar-refractivity contribution in [3.63, 3.8) is 0 Å². The van der Waals surface area contributed by atoms with Gasteiger partial charge < -0.3 is 5.11 Å². The molecule has 0 radical (unpaired) electrons. The third-order valence-electron chi connectivity index (χ3n) is 1.95. The zero-order valence-electron chi connectivity index (χ0n) is 8.17. The van der Waals surface area contributed by atoms with E-state index in [1.165, 1.54) is 0 Å². The molecule has 16 heavy (non-hydrogen) atoms. The van der Waals surface area contributed by atoms with Crippen LogP contribution in [0, 0.1) is 0 Å². The number of hydrogen-bond donors (Lipinski definition) is 1. The fraction of sp³-hybridized carbons (Fsp3) is 0.100. The van der Waals surface area contributed by atoms with Crippen LogP contribution in [0.2, 0.25) is 5.15 Å². The lowest BCUT2D eigenvalue weighted by atomic mass is 10.3. The predicted octanol–water partition coefficient (Wildman–Crippen LogP) is 1.87. The Hall–Kier alpha value is -1.88. The molecule has 1 N–H and O–H groups in total. The van der Waals surface area contributed by atoms with Gasteiger partial charge in [0.25, 0.3) is 0 Å². The molecule has 0 aliphatic heterocycles. The SMILES string of the molecule is O=C(O)CC=Cc1cnn2ccc(Cl)nc12. The van der Waals surface area contributed by atoms with Crippen LogP contribution in [0.4, 0.5) is 0 Å². The molecular formula is C10H8ClN3O2. The van der Waals surface area contributed by atoms with E-state index in [4.69, 9.17) is 16.7 Å². The summed E-state index contributed by atoms with van der Waals surface area (Å²) >= 11 is 5.76.